The third-order valence-electron chi connectivity index (χ3n) is 3.09. The van der Waals surface area contributed by atoms with Gasteiger partial charge in [0.1, 0.15) is 5.69 Å². The van der Waals surface area contributed by atoms with Crippen LogP contribution in [0, 0.1) is 0 Å². The number of hydrogen-bond acceptors (Lipinski definition) is 5. The molecular weight excluding hydrogens is 280 g/mol. The molecule has 0 saturated heterocycles. The monoisotopic (exact) mass is 292 g/mol. The number of fused-ring (bicyclic) bond motifs is 1. The van der Waals surface area contributed by atoms with E-state index >= 15 is 0 Å². The zero-order valence-corrected chi connectivity index (χ0v) is 11.5. The first-order valence-electron chi connectivity index (χ1n) is 6.68. The van der Waals surface area contributed by atoms with Gasteiger partial charge in [-0.3, -0.25) is 4.79 Å². The maximum Gasteiger partial charge on any atom is 0.272 e. The molecule has 1 N–H and O–H groups in total. The van der Waals surface area contributed by atoms with Crippen molar-refractivity contribution in [3.8, 4) is 0 Å². The summed E-state index contributed by atoms with van der Waals surface area (Å²) in [6.45, 7) is 0. The summed E-state index contributed by atoms with van der Waals surface area (Å²) < 4.78 is 0. The van der Waals surface area contributed by atoms with Crippen molar-refractivity contribution in [3.63, 3.8) is 0 Å². The van der Waals surface area contributed by atoms with Crippen LogP contribution in [-0.2, 0) is 4.79 Å². The average molecular weight is 292 g/mol. The summed E-state index contributed by atoms with van der Waals surface area (Å²) in [5.74, 6) is 0. The third kappa shape index (κ3) is 2.80. The Hall–Kier alpha value is -3.15. The van der Waals surface area contributed by atoms with Crippen molar-refractivity contribution in [1.29, 1.82) is 0 Å². The number of rotatable bonds is 4. The van der Waals surface area contributed by atoms with Gasteiger partial charge in [0, 0.05) is 0 Å². The lowest BCUT2D eigenvalue weighted by atomic mass is 10.2. The highest BCUT2D eigenvalue weighted by Gasteiger charge is 2.16. The number of para-hydroxylation sites is 2. The molecule has 3 aromatic rings. The van der Waals surface area contributed by atoms with Crippen molar-refractivity contribution >= 4 is 23.0 Å². The molecule has 1 unspecified atom stereocenters. The number of benzene rings is 2. The van der Waals surface area contributed by atoms with Crippen molar-refractivity contribution in [2.45, 2.75) is 6.04 Å². The van der Waals surface area contributed by atoms with E-state index in [0.717, 1.165) is 0 Å². The Morgan fingerprint density at radius 2 is 1.77 bits per heavy atom. The first-order valence-corrected chi connectivity index (χ1v) is 6.68. The summed E-state index contributed by atoms with van der Waals surface area (Å²) in [6, 6.07) is 15.0. The lowest BCUT2D eigenvalue weighted by Gasteiger charge is -2.04. The molecule has 0 amide bonds. The predicted octanol–water partition coefficient (Wildman–Crippen LogP) is 2.95. The molecule has 0 fully saturated rings. The number of hydrogen-bond donors (Lipinski definition) is 1. The normalized spacial score (nSPS) is 12.5. The zero-order chi connectivity index (χ0) is 15.4. The van der Waals surface area contributed by atoms with Gasteiger partial charge >= 0.3 is 0 Å². The summed E-state index contributed by atoms with van der Waals surface area (Å²) in [6.07, 6.45) is 0.554. The van der Waals surface area contributed by atoms with E-state index in [-0.39, 0.29) is 5.69 Å². The molecule has 1 heterocycles. The fraction of sp³-hybridized carbons (Fsp3) is 0.0625. The minimum atomic E-state index is -1.03. The molecule has 0 saturated carbocycles. The Balaban J connectivity index is 2.00. The minimum Gasteiger partial charge on any atom is -0.319 e. The van der Waals surface area contributed by atoms with Crippen molar-refractivity contribution < 1.29 is 4.79 Å². The van der Waals surface area contributed by atoms with Gasteiger partial charge in [0.05, 0.1) is 16.7 Å². The van der Waals surface area contributed by atoms with E-state index in [4.69, 9.17) is 0 Å². The molecule has 0 radical (unpaired) electrons. The van der Waals surface area contributed by atoms with E-state index in [0.29, 0.717) is 23.0 Å². The smallest absolute Gasteiger partial charge is 0.272 e. The number of nitrogens with one attached hydrogen (secondary N) is 1. The molecule has 6 nitrogen and oxygen atoms in total. The topological polar surface area (TPSA) is 87.5 Å². The SMILES string of the molecule is O=CC(N=Nc1ccccc1)c1nc2ccccc2[nH]c1=O. The van der Waals surface area contributed by atoms with Crippen LogP contribution in [0.4, 0.5) is 5.69 Å². The van der Waals surface area contributed by atoms with Gasteiger partial charge in [0.15, 0.2) is 12.3 Å². The second-order valence-corrected chi connectivity index (χ2v) is 4.60. The number of nitrogens with zero attached hydrogens (tertiary/aromatic N) is 3. The number of azo groups is 1. The quantitative estimate of drug-likeness (QED) is 0.592. The van der Waals surface area contributed by atoms with Crippen LogP contribution in [-0.4, -0.2) is 16.3 Å². The van der Waals surface area contributed by atoms with Crippen LogP contribution in [0.5, 0.6) is 0 Å². The highest BCUT2D eigenvalue weighted by molar-refractivity contribution is 5.74. The van der Waals surface area contributed by atoms with Gasteiger partial charge in [-0.2, -0.15) is 10.2 Å². The standard InChI is InChI=1S/C16H12N4O2/c21-10-14(20-19-11-6-2-1-3-7-11)15-16(22)18-13-9-5-4-8-12(13)17-15/h1-10,14H,(H,18,22). The van der Waals surface area contributed by atoms with Crippen LogP contribution in [0.3, 0.4) is 0 Å². The molecule has 2 aromatic carbocycles. The zero-order valence-electron chi connectivity index (χ0n) is 11.5. The fourth-order valence-corrected chi connectivity index (χ4v) is 2.01. The fourth-order valence-electron chi connectivity index (χ4n) is 2.01. The van der Waals surface area contributed by atoms with Crippen molar-refractivity contribution in [3.05, 3.63) is 70.6 Å². The third-order valence-corrected chi connectivity index (χ3v) is 3.09. The van der Waals surface area contributed by atoms with Gasteiger partial charge in [-0.25, -0.2) is 4.98 Å². The Labute approximate surface area is 125 Å². The van der Waals surface area contributed by atoms with Crippen LogP contribution in [0.1, 0.15) is 11.7 Å². The van der Waals surface area contributed by atoms with E-state index in [1.807, 2.05) is 18.2 Å². The summed E-state index contributed by atoms with van der Waals surface area (Å²) in [5, 5.41) is 7.90. The molecule has 108 valence electrons. The van der Waals surface area contributed by atoms with Gasteiger partial charge in [-0.15, -0.1) is 0 Å². The number of aromatic nitrogens is 2. The molecule has 0 bridgehead atoms. The summed E-state index contributed by atoms with van der Waals surface area (Å²) in [5.41, 5.74) is 1.41. The van der Waals surface area contributed by atoms with Crippen LogP contribution >= 0.6 is 0 Å². The number of aldehydes is 1. The number of aromatic amines is 1. The average Bonchev–Trinajstić information content (AvgIpc) is 2.56. The highest BCUT2D eigenvalue weighted by atomic mass is 16.1. The molecule has 0 aliphatic heterocycles. The van der Waals surface area contributed by atoms with Gasteiger partial charge in [-0.1, -0.05) is 30.3 Å². The number of H-pyrrole nitrogens is 1. The molecule has 6 heteroatoms. The number of carbonyl (C=O) groups excluding carboxylic acids is 1. The van der Waals surface area contributed by atoms with Crippen LogP contribution in [0.15, 0.2) is 69.6 Å². The van der Waals surface area contributed by atoms with E-state index in [1.54, 1.807) is 36.4 Å². The van der Waals surface area contributed by atoms with Gasteiger partial charge in [-0.05, 0) is 24.3 Å². The molecule has 1 aromatic heterocycles. The molecule has 0 aliphatic rings. The van der Waals surface area contributed by atoms with E-state index < -0.39 is 11.6 Å². The molecule has 0 aliphatic carbocycles. The largest absolute Gasteiger partial charge is 0.319 e. The van der Waals surface area contributed by atoms with Crippen LogP contribution < -0.4 is 5.56 Å². The highest BCUT2D eigenvalue weighted by Crippen LogP contribution is 2.17. The van der Waals surface area contributed by atoms with Crippen molar-refractivity contribution in [2.75, 3.05) is 0 Å². The van der Waals surface area contributed by atoms with Gasteiger partial charge in [0.2, 0.25) is 0 Å². The maximum atomic E-state index is 12.1. The summed E-state index contributed by atoms with van der Waals surface area (Å²) in [4.78, 5) is 30.3. The van der Waals surface area contributed by atoms with Gasteiger partial charge in [0.25, 0.3) is 5.56 Å². The lowest BCUT2D eigenvalue weighted by Crippen LogP contribution is -2.18. The summed E-state index contributed by atoms with van der Waals surface area (Å²) >= 11 is 0. The maximum absolute atomic E-state index is 12.1. The van der Waals surface area contributed by atoms with Crippen molar-refractivity contribution in [1.82, 2.24) is 9.97 Å². The predicted molar refractivity (Wildman–Crippen MR) is 82.1 cm³/mol. The van der Waals surface area contributed by atoms with Gasteiger partial charge < -0.3 is 9.78 Å². The lowest BCUT2D eigenvalue weighted by molar-refractivity contribution is -0.109. The Morgan fingerprint density at radius 1 is 1.05 bits per heavy atom. The van der Waals surface area contributed by atoms with Crippen LogP contribution in [0.2, 0.25) is 0 Å². The minimum absolute atomic E-state index is 0.0355. The molecule has 22 heavy (non-hydrogen) atoms. The van der Waals surface area contributed by atoms with Crippen LogP contribution in [0.25, 0.3) is 11.0 Å². The second kappa shape index (κ2) is 6.09. The van der Waals surface area contributed by atoms with E-state index in [1.165, 1.54) is 0 Å². The molecule has 0 spiro atoms. The Bertz CT molecular complexity index is 887. The first kappa shape index (κ1) is 13.8. The molecule has 3 rings (SSSR count). The molecule has 1 atom stereocenters. The Morgan fingerprint density at radius 3 is 2.55 bits per heavy atom. The molecular formula is C16H12N4O2. The van der Waals surface area contributed by atoms with Crippen molar-refractivity contribution in [2.24, 2.45) is 10.2 Å². The van der Waals surface area contributed by atoms with E-state index in [9.17, 15) is 9.59 Å². The first-order chi connectivity index (χ1) is 10.8. The second-order valence-electron chi connectivity index (χ2n) is 4.60. The number of carbonyl (C=O) groups is 1. The van der Waals surface area contributed by atoms with E-state index in [2.05, 4.69) is 20.2 Å². The summed E-state index contributed by atoms with van der Waals surface area (Å²) in [7, 11) is 0. The Kier molecular flexibility index (Phi) is 3.82.